The summed E-state index contributed by atoms with van der Waals surface area (Å²) in [6.45, 7) is 10.1. The van der Waals surface area contributed by atoms with Crippen LogP contribution in [0.5, 0.6) is 0 Å². The maximum Gasteiger partial charge on any atom is 0.410 e. The summed E-state index contributed by atoms with van der Waals surface area (Å²) in [5.41, 5.74) is 2.71. The number of carbonyl (C=O) groups is 2. The monoisotopic (exact) mass is 332 g/mol. The van der Waals surface area contributed by atoms with Crippen LogP contribution in [0.25, 0.3) is 0 Å². The molecule has 0 spiro atoms. The Morgan fingerprint density at radius 2 is 1.96 bits per heavy atom. The van der Waals surface area contributed by atoms with Crippen molar-refractivity contribution in [2.45, 2.75) is 45.8 Å². The number of aromatic carboxylic acids is 1. The van der Waals surface area contributed by atoms with Gasteiger partial charge in [-0.25, -0.2) is 9.59 Å². The number of hydrogen-bond donors (Lipinski definition) is 1. The number of anilines is 1. The second-order valence-electron chi connectivity index (χ2n) is 7.59. The topological polar surface area (TPSA) is 70.1 Å². The highest BCUT2D eigenvalue weighted by atomic mass is 16.6. The molecule has 0 saturated carbocycles. The van der Waals surface area contributed by atoms with E-state index in [2.05, 4.69) is 11.8 Å². The lowest BCUT2D eigenvalue weighted by molar-refractivity contribution is 0.0243. The van der Waals surface area contributed by atoms with Crippen LogP contribution >= 0.6 is 0 Å². The predicted molar refractivity (Wildman–Crippen MR) is 90.7 cm³/mol. The van der Waals surface area contributed by atoms with Crippen molar-refractivity contribution >= 4 is 17.7 Å². The summed E-state index contributed by atoms with van der Waals surface area (Å²) in [6, 6.07) is 3.49. The highest BCUT2D eigenvalue weighted by molar-refractivity contribution is 5.93. The summed E-state index contributed by atoms with van der Waals surface area (Å²) in [7, 11) is 0. The van der Waals surface area contributed by atoms with Crippen LogP contribution < -0.4 is 4.90 Å². The molecule has 0 aliphatic carbocycles. The molecule has 3 rings (SSSR count). The lowest BCUT2D eigenvalue weighted by Gasteiger charge is -2.27. The number of amides is 1. The molecule has 1 amide bonds. The zero-order valence-electron chi connectivity index (χ0n) is 14.6. The first-order valence-corrected chi connectivity index (χ1v) is 8.29. The van der Waals surface area contributed by atoms with Crippen LogP contribution in [-0.4, -0.2) is 47.3 Å². The minimum Gasteiger partial charge on any atom is -0.478 e. The van der Waals surface area contributed by atoms with Gasteiger partial charge in [-0.15, -0.1) is 0 Å². The Labute approximate surface area is 142 Å². The molecule has 130 valence electrons. The molecule has 0 saturated heterocycles. The number of nitrogens with zero attached hydrogens (tertiary/aromatic N) is 2. The quantitative estimate of drug-likeness (QED) is 0.856. The summed E-state index contributed by atoms with van der Waals surface area (Å²) in [4.78, 5) is 27.9. The Bertz CT molecular complexity index is 693. The fourth-order valence-corrected chi connectivity index (χ4v) is 3.56. The van der Waals surface area contributed by atoms with Gasteiger partial charge in [0, 0.05) is 31.2 Å². The standard InChI is InChI=1S/C18H24N2O4/c1-11-9-19-7-8-20(17(23)24-18(2,3)4)10-12-5-6-13(16(21)22)14(11)15(12)19/h5-6,11H,7-10H2,1-4H3,(H,21,22). The van der Waals surface area contributed by atoms with Gasteiger partial charge in [-0.3, -0.25) is 0 Å². The second kappa shape index (κ2) is 5.69. The van der Waals surface area contributed by atoms with Crippen LogP contribution in [0, 0.1) is 0 Å². The van der Waals surface area contributed by atoms with E-state index in [1.165, 1.54) is 0 Å². The van der Waals surface area contributed by atoms with E-state index >= 15 is 0 Å². The normalized spacial score (nSPS) is 19.8. The first-order valence-electron chi connectivity index (χ1n) is 8.29. The SMILES string of the molecule is CC1CN2CCN(C(=O)OC(C)(C)C)Cc3ccc(C(=O)O)c1c32. The average Bonchev–Trinajstić information content (AvgIpc) is 2.67. The van der Waals surface area contributed by atoms with Crippen LogP contribution in [0.1, 0.15) is 55.1 Å². The number of ether oxygens (including phenoxy) is 1. The van der Waals surface area contributed by atoms with Crippen LogP contribution in [-0.2, 0) is 11.3 Å². The number of carboxylic acid groups (broad SMARTS) is 1. The molecular weight excluding hydrogens is 308 g/mol. The molecular formula is C18H24N2O4. The van der Waals surface area contributed by atoms with E-state index in [9.17, 15) is 14.7 Å². The maximum absolute atomic E-state index is 12.4. The van der Waals surface area contributed by atoms with Gasteiger partial charge in [-0.2, -0.15) is 0 Å². The van der Waals surface area contributed by atoms with Gasteiger partial charge in [-0.05, 0) is 38.0 Å². The molecule has 1 N–H and O–H groups in total. The molecule has 1 aromatic carbocycles. The molecule has 6 heteroatoms. The van der Waals surface area contributed by atoms with E-state index < -0.39 is 11.6 Å². The van der Waals surface area contributed by atoms with Crippen molar-refractivity contribution in [2.75, 3.05) is 24.5 Å². The van der Waals surface area contributed by atoms with Crippen molar-refractivity contribution in [3.8, 4) is 0 Å². The van der Waals surface area contributed by atoms with Gasteiger partial charge < -0.3 is 19.6 Å². The zero-order valence-corrected chi connectivity index (χ0v) is 14.6. The molecule has 1 unspecified atom stereocenters. The van der Waals surface area contributed by atoms with E-state index in [1.807, 2.05) is 26.8 Å². The Morgan fingerprint density at radius 1 is 1.25 bits per heavy atom. The highest BCUT2D eigenvalue weighted by Gasteiger charge is 2.35. The Balaban J connectivity index is 1.96. The molecule has 0 radical (unpaired) electrons. The minimum atomic E-state index is -0.894. The van der Waals surface area contributed by atoms with E-state index in [4.69, 9.17) is 4.74 Å². The molecule has 2 aliphatic rings. The summed E-state index contributed by atoms with van der Waals surface area (Å²) in [5.74, 6) is -0.714. The Kier molecular flexibility index (Phi) is 3.94. The van der Waals surface area contributed by atoms with Crippen molar-refractivity contribution < 1.29 is 19.4 Å². The van der Waals surface area contributed by atoms with Gasteiger partial charge in [0.1, 0.15) is 5.60 Å². The molecule has 2 heterocycles. The highest BCUT2D eigenvalue weighted by Crippen LogP contribution is 2.42. The predicted octanol–water partition coefficient (Wildman–Crippen LogP) is 3.06. The number of hydrogen-bond acceptors (Lipinski definition) is 4. The first-order chi connectivity index (χ1) is 11.2. The van der Waals surface area contributed by atoms with Gasteiger partial charge in [0.2, 0.25) is 0 Å². The van der Waals surface area contributed by atoms with Gasteiger partial charge in [0.25, 0.3) is 0 Å². The third-order valence-corrected chi connectivity index (χ3v) is 4.49. The summed E-state index contributed by atoms with van der Waals surface area (Å²) in [6.07, 6.45) is -0.326. The van der Waals surface area contributed by atoms with Crippen molar-refractivity contribution in [1.29, 1.82) is 0 Å². The number of carboxylic acids is 1. The second-order valence-corrected chi connectivity index (χ2v) is 7.59. The van der Waals surface area contributed by atoms with Crippen molar-refractivity contribution in [1.82, 2.24) is 4.90 Å². The van der Waals surface area contributed by atoms with E-state index in [-0.39, 0.29) is 12.0 Å². The summed E-state index contributed by atoms with van der Waals surface area (Å²) in [5, 5.41) is 9.47. The maximum atomic E-state index is 12.4. The van der Waals surface area contributed by atoms with Gasteiger partial charge in [0.15, 0.2) is 0 Å². The zero-order chi connectivity index (χ0) is 17.6. The fraction of sp³-hybridized carbons (Fsp3) is 0.556. The number of rotatable bonds is 1. The number of benzene rings is 1. The van der Waals surface area contributed by atoms with Crippen molar-refractivity contribution in [2.24, 2.45) is 0 Å². The molecule has 0 bridgehead atoms. The van der Waals surface area contributed by atoms with E-state index in [0.717, 1.165) is 23.4 Å². The minimum absolute atomic E-state index is 0.180. The number of carbonyl (C=O) groups excluding carboxylic acids is 1. The largest absolute Gasteiger partial charge is 0.478 e. The lowest BCUT2D eigenvalue weighted by Crippen LogP contribution is -2.39. The van der Waals surface area contributed by atoms with Gasteiger partial charge in [-0.1, -0.05) is 13.0 Å². The molecule has 0 fully saturated rings. The van der Waals surface area contributed by atoms with E-state index in [1.54, 1.807) is 11.0 Å². The van der Waals surface area contributed by atoms with Crippen LogP contribution in [0.3, 0.4) is 0 Å². The van der Waals surface area contributed by atoms with Crippen molar-refractivity contribution in [3.63, 3.8) is 0 Å². The Morgan fingerprint density at radius 3 is 2.58 bits per heavy atom. The van der Waals surface area contributed by atoms with Crippen LogP contribution in [0.4, 0.5) is 10.5 Å². The molecule has 1 aromatic rings. The average molecular weight is 332 g/mol. The third-order valence-electron chi connectivity index (χ3n) is 4.49. The summed E-state index contributed by atoms with van der Waals surface area (Å²) < 4.78 is 5.49. The summed E-state index contributed by atoms with van der Waals surface area (Å²) >= 11 is 0. The van der Waals surface area contributed by atoms with Gasteiger partial charge in [0.05, 0.1) is 12.1 Å². The fourth-order valence-electron chi connectivity index (χ4n) is 3.56. The third kappa shape index (κ3) is 2.92. The molecule has 24 heavy (non-hydrogen) atoms. The van der Waals surface area contributed by atoms with Crippen molar-refractivity contribution in [3.05, 3.63) is 28.8 Å². The molecule has 1 atom stereocenters. The van der Waals surface area contributed by atoms with Crippen LogP contribution in [0.2, 0.25) is 0 Å². The molecule has 0 aromatic heterocycles. The van der Waals surface area contributed by atoms with E-state index in [0.29, 0.717) is 25.2 Å². The Hall–Kier alpha value is -2.24. The first kappa shape index (κ1) is 16.6. The smallest absolute Gasteiger partial charge is 0.410 e. The lowest BCUT2D eigenvalue weighted by atomic mass is 9.94. The van der Waals surface area contributed by atoms with Crippen LogP contribution in [0.15, 0.2) is 12.1 Å². The molecule has 2 aliphatic heterocycles. The van der Waals surface area contributed by atoms with Gasteiger partial charge >= 0.3 is 12.1 Å². The molecule has 6 nitrogen and oxygen atoms in total.